The highest BCUT2D eigenvalue weighted by atomic mass is 35.5. The van der Waals surface area contributed by atoms with Crippen molar-refractivity contribution in [2.24, 2.45) is 0 Å². The Balaban J connectivity index is 1.49. The second kappa shape index (κ2) is 8.42. The zero-order chi connectivity index (χ0) is 21.3. The number of halogens is 1. The van der Waals surface area contributed by atoms with Crippen LogP contribution in [0.25, 0.3) is 20.9 Å². The van der Waals surface area contributed by atoms with Gasteiger partial charge in [-0.25, -0.2) is 9.97 Å². The molecule has 0 aliphatic rings. The van der Waals surface area contributed by atoms with E-state index in [0.29, 0.717) is 10.8 Å². The summed E-state index contributed by atoms with van der Waals surface area (Å²) in [4.78, 5) is 22.4. The molecular weight excluding hydrogens is 418 g/mol. The Morgan fingerprint density at radius 2 is 1.90 bits per heavy atom. The molecule has 2 heterocycles. The van der Waals surface area contributed by atoms with Gasteiger partial charge in [-0.3, -0.25) is 4.79 Å². The van der Waals surface area contributed by atoms with E-state index < -0.39 is 0 Å². The monoisotopic (exact) mass is 437 g/mol. The summed E-state index contributed by atoms with van der Waals surface area (Å²) in [7, 11) is 0. The van der Waals surface area contributed by atoms with Crippen LogP contribution in [-0.4, -0.2) is 22.5 Å². The summed E-state index contributed by atoms with van der Waals surface area (Å²) in [6, 6.07) is 13.3. The van der Waals surface area contributed by atoms with Crippen LogP contribution < -0.4 is 10.1 Å². The number of hydrogen-bond donors (Lipinski definition) is 1. The zero-order valence-corrected chi connectivity index (χ0v) is 18.4. The lowest BCUT2D eigenvalue weighted by Gasteiger charge is -2.13. The van der Waals surface area contributed by atoms with Crippen molar-refractivity contribution in [1.29, 1.82) is 0 Å². The van der Waals surface area contributed by atoms with Crippen LogP contribution in [0.2, 0.25) is 5.02 Å². The van der Waals surface area contributed by atoms with E-state index in [1.807, 2.05) is 63.2 Å². The van der Waals surface area contributed by atoms with Crippen LogP contribution in [0.15, 0.2) is 48.7 Å². The van der Waals surface area contributed by atoms with E-state index in [1.54, 1.807) is 6.20 Å². The van der Waals surface area contributed by atoms with Gasteiger partial charge in [0.05, 0.1) is 0 Å². The maximum absolute atomic E-state index is 12.5. The lowest BCUT2D eigenvalue weighted by molar-refractivity contribution is -0.118. The third kappa shape index (κ3) is 4.15. The zero-order valence-electron chi connectivity index (χ0n) is 16.8. The Morgan fingerprint density at radius 3 is 2.63 bits per heavy atom. The third-order valence-electron chi connectivity index (χ3n) is 4.78. The van der Waals surface area contributed by atoms with Gasteiger partial charge in [-0.1, -0.05) is 35.1 Å². The fourth-order valence-electron chi connectivity index (χ4n) is 3.21. The van der Waals surface area contributed by atoms with E-state index in [0.717, 1.165) is 43.3 Å². The third-order valence-corrected chi connectivity index (χ3v) is 6.39. The smallest absolute Gasteiger partial charge is 0.262 e. The van der Waals surface area contributed by atoms with Gasteiger partial charge in [0.1, 0.15) is 21.1 Å². The Morgan fingerprint density at radius 1 is 1.13 bits per heavy atom. The van der Waals surface area contributed by atoms with Crippen molar-refractivity contribution in [2.75, 3.05) is 11.9 Å². The number of ether oxygens (including phenoxy) is 1. The topological polar surface area (TPSA) is 64.1 Å². The largest absolute Gasteiger partial charge is 0.484 e. The number of nitrogens with one attached hydrogen (secondary N) is 1. The molecule has 152 valence electrons. The van der Waals surface area contributed by atoms with Gasteiger partial charge in [0.2, 0.25) is 0 Å². The molecule has 0 bridgehead atoms. The predicted octanol–water partition coefficient (Wildman–Crippen LogP) is 5.95. The van der Waals surface area contributed by atoms with Crippen LogP contribution in [0, 0.1) is 20.8 Å². The fraction of sp³-hybridized carbons (Fsp3) is 0.174. The summed E-state index contributed by atoms with van der Waals surface area (Å²) in [6.45, 7) is 5.70. The Kier molecular flexibility index (Phi) is 5.70. The molecule has 0 saturated heterocycles. The minimum atomic E-state index is -0.230. The number of carbonyl (C=O) groups excluding carboxylic acids is 1. The number of fused-ring (bicyclic) bond motifs is 1. The number of aryl methyl sites for hydroxylation is 2. The van der Waals surface area contributed by atoms with Crippen molar-refractivity contribution in [3.8, 4) is 16.3 Å². The van der Waals surface area contributed by atoms with E-state index in [-0.39, 0.29) is 12.5 Å². The van der Waals surface area contributed by atoms with Crippen LogP contribution in [0.5, 0.6) is 5.75 Å². The number of amides is 1. The van der Waals surface area contributed by atoms with Crippen molar-refractivity contribution in [1.82, 2.24) is 9.97 Å². The summed E-state index contributed by atoms with van der Waals surface area (Å²) in [5.41, 5.74) is 5.36. The molecule has 2 aromatic heterocycles. The number of benzene rings is 2. The van der Waals surface area contributed by atoms with Crippen LogP contribution in [0.3, 0.4) is 0 Å². The lowest BCUT2D eigenvalue weighted by Crippen LogP contribution is -2.20. The molecule has 2 aromatic carbocycles. The molecular formula is C23H20ClN3O2S. The predicted molar refractivity (Wildman–Crippen MR) is 123 cm³/mol. The molecule has 1 amide bonds. The number of aromatic nitrogens is 2. The number of carbonyl (C=O) groups is 1. The van der Waals surface area contributed by atoms with Gasteiger partial charge in [-0.2, -0.15) is 0 Å². The summed E-state index contributed by atoms with van der Waals surface area (Å²) < 4.78 is 5.66. The van der Waals surface area contributed by atoms with Crippen LogP contribution in [0.4, 0.5) is 5.69 Å². The standard InChI is InChI=1S/C23H20ClN3O2S/c1-13-10-16(11-14(2)21(13)24)29-12-20(28)26-18-7-4-6-17(15(18)3)22-27-19-8-5-9-25-23(19)30-22/h4-11H,12H2,1-3H3,(H,26,28). The first-order valence-electron chi connectivity index (χ1n) is 9.43. The fourth-order valence-corrected chi connectivity index (χ4v) is 4.31. The van der Waals surface area contributed by atoms with Crippen molar-refractivity contribution in [3.63, 3.8) is 0 Å². The highest BCUT2D eigenvalue weighted by molar-refractivity contribution is 7.21. The van der Waals surface area contributed by atoms with Crippen LogP contribution in [0.1, 0.15) is 16.7 Å². The van der Waals surface area contributed by atoms with E-state index in [1.165, 1.54) is 11.3 Å². The normalized spacial score (nSPS) is 10.9. The molecule has 30 heavy (non-hydrogen) atoms. The number of nitrogens with zero attached hydrogens (tertiary/aromatic N) is 2. The van der Waals surface area contributed by atoms with Crippen LogP contribution >= 0.6 is 22.9 Å². The van der Waals surface area contributed by atoms with E-state index in [4.69, 9.17) is 16.3 Å². The highest BCUT2D eigenvalue weighted by Gasteiger charge is 2.13. The molecule has 0 aliphatic carbocycles. The molecule has 0 aliphatic heterocycles. The molecule has 4 aromatic rings. The summed E-state index contributed by atoms with van der Waals surface area (Å²) in [5, 5.41) is 4.52. The van der Waals surface area contributed by atoms with Gasteiger partial charge in [-0.15, -0.1) is 0 Å². The first-order valence-corrected chi connectivity index (χ1v) is 10.6. The summed E-state index contributed by atoms with van der Waals surface area (Å²) in [5.74, 6) is 0.392. The lowest BCUT2D eigenvalue weighted by atomic mass is 10.1. The minimum Gasteiger partial charge on any atom is -0.484 e. The first-order chi connectivity index (χ1) is 14.4. The van der Waals surface area contributed by atoms with Gasteiger partial charge < -0.3 is 10.1 Å². The highest BCUT2D eigenvalue weighted by Crippen LogP contribution is 2.33. The quantitative estimate of drug-likeness (QED) is 0.418. The minimum absolute atomic E-state index is 0.0881. The molecule has 0 radical (unpaired) electrons. The molecule has 5 nitrogen and oxygen atoms in total. The van der Waals surface area contributed by atoms with Gasteiger partial charge in [-0.05, 0) is 67.8 Å². The maximum Gasteiger partial charge on any atom is 0.262 e. The summed E-state index contributed by atoms with van der Waals surface area (Å²) in [6.07, 6.45) is 1.76. The molecule has 0 unspecified atom stereocenters. The molecule has 0 fully saturated rings. The van der Waals surface area contributed by atoms with Gasteiger partial charge in [0.15, 0.2) is 6.61 Å². The van der Waals surface area contributed by atoms with Crippen molar-refractivity contribution in [3.05, 3.63) is 70.4 Å². The first kappa shape index (κ1) is 20.3. The number of hydrogen-bond acceptors (Lipinski definition) is 5. The number of rotatable bonds is 5. The van der Waals surface area contributed by atoms with Gasteiger partial charge in [0.25, 0.3) is 5.91 Å². The molecule has 4 rings (SSSR count). The van der Waals surface area contributed by atoms with E-state index in [9.17, 15) is 4.79 Å². The van der Waals surface area contributed by atoms with Gasteiger partial charge >= 0.3 is 0 Å². The average molecular weight is 438 g/mol. The molecule has 7 heteroatoms. The van der Waals surface area contributed by atoms with Crippen molar-refractivity contribution in [2.45, 2.75) is 20.8 Å². The van der Waals surface area contributed by atoms with Gasteiger partial charge in [0, 0.05) is 22.5 Å². The number of thiazole rings is 1. The summed E-state index contributed by atoms with van der Waals surface area (Å²) >= 11 is 7.72. The molecule has 0 saturated carbocycles. The Labute approximate surface area is 183 Å². The van der Waals surface area contributed by atoms with E-state index in [2.05, 4.69) is 15.3 Å². The van der Waals surface area contributed by atoms with Crippen molar-refractivity contribution < 1.29 is 9.53 Å². The number of anilines is 1. The molecule has 0 spiro atoms. The number of pyridine rings is 1. The second-order valence-corrected chi connectivity index (χ2v) is 8.39. The molecule has 0 atom stereocenters. The Bertz CT molecular complexity index is 1200. The SMILES string of the molecule is Cc1cc(OCC(=O)Nc2cccc(-c3nc4cccnc4s3)c2C)cc(C)c1Cl. The second-order valence-electron chi connectivity index (χ2n) is 7.03. The van der Waals surface area contributed by atoms with Crippen molar-refractivity contribution >= 4 is 44.9 Å². The molecule has 1 N–H and O–H groups in total. The average Bonchev–Trinajstić information content (AvgIpc) is 3.16. The maximum atomic E-state index is 12.5. The van der Waals surface area contributed by atoms with Crippen LogP contribution in [-0.2, 0) is 4.79 Å². The van der Waals surface area contributed by atoms with E-state index >= 15 is 0 Å². The Hall–Kier alpha value is -2.96.